The van der Waals surface area contributed by atoms with Crippen molar-refractivity contribution in [3.05, 3.63) is 470 Å². The highest BCUT2D eigenvalue weighted by Gasteiger charge is 2.08. The van der Waals surface area contributed by atoms with Crippen LogP contribution in [0.2, 0.25) is 0 Å². The Morgan fingerprint density at radius 2 is 0.413 bits per heavy atom. The molecule has 0 aliphatic rings. The number of rotatable bonds is 6. The highest BCUT2D eigenvalue weighted by atomic mass is 14.1. The van der Waals surface area contributed by atoms with E-state index in [1.54, 1.807) is 0 Å². The summed E-state index contributed by atoms with van der Waals surface area (Å²) in [5.41, 5.74) is 24.6. The van der Waals surface area contributed by atoms with E-state index in [9.17, 15) is 0 Å². The number of hydrogen-bond acceptors (Lipinski definition) is 0. The van der Waals surface area contributed by atoms with Crippen LogP contribution < -0.4 is 0 Å². The Morgan fingerprint density at radius 3 is 0.963 bits per heavy atom. The van der Waals surface area contributed by atoms with Crippen molar-refractivity contribution < 1.29 is 0 Å². The summed E-state index contributed by atoms with van der Waals surface area (Å²) < 4.78 is 0. The number of hydrogen-bond donors (Lipinski definition) is 0. The van der Waals surface area contributed by atoms with E-state index in [1.807, 2.05) is 12.1 Å². The van der Waals surface area contributed by atoms with Crippen LogP contribution in [0.25, 0.3) is 131 Å². The summed E-state index contributed by atoms with van der Waals surface area (Å²) in [6.45, 7) is 14.9. The van der Waals surface area contributed by atoms with Gasteiger partial charge in [-0.25, -0.2) is 0 Å². The second-order valence-electron chi connectivity index (χ2n) is 28.1. The molecule has 19 aromatic rings. The van der Waals surface area contributed by atoms with Crippen LogP contribution in [0.1, 0.15) is 38.9 Å². The normalized spacial score (nSPS) is 10.5. The molecule has 0 heterocycles. The molecule has 0 spiro atoms. The maximum absolute atomic E-state index is 2.25. The molecule has 528 valence electrons. The average molecular weight is 1400 g/mol. The molecule has 0 fully saturated rings. The molecular weight excluding hydrogens is 1310 g/mol. The maximum Gasteiger partial charge on any atom is -0.0103 e. The Bertz CT molecular complexity index is 6150. The van der Waals surface area contributed by atoms with Gasteiger partial charge in [-0.05, 0) is 209 Å². The summed E-state index contributed by atoms with van der Waals surface area (Å²) in [5.74, 6) is 0. The summed E-state index contributed by atoms with van der Waals surface area (Å²) in [6, 6.07) is 152. The molecular formula is C109H92. The van der Waals surface area contributed by atoms with Crippen LogP contribution in [0.5, 0.6) is 0 Å². The third-order valence-electron chi connectivity index (χ3n) is 19.8. The minimum Gasteiger partial charge on any atom is -0.0622 e. The third kappa shape index (κ3) is 19.8. The van der Waals surface area contributed by atoms with Crippen LogP contribution in [0, 0.1) is 48.5 Å². The molecule has 109 heavy (non-hydrogen) atoms. The first-order chi connectivity index (χ1) is 53.4. The molecule has 0 heteroatoms. The van der Waals surface area contributed by atoms with Crippen molar-refractivity contribution in [3.63, 3.8) is 0 Å². The molecule has 0 amide bonds. The van der Waals surface area contributed by atoms with E-state index in [0.29, 0.717) is 0 Å². The zero-order chi connectivity index (χ0) is 75.1. The van der Waals surface area contributed by atoms with E-state index >= 15 is 0 Å². The number of aryl methyl sites for hydroxylation is 7. The smallest absolute Gasteiger partial charge is 0.0103 e. The van der Waals surface area contributed by atoms with Crippen molar-refractivity contribution in [1.29, 1.82) is 0 Å². The molecule has 19 aromatic carbocycles. The van der Waals surface area contributed by atoms with E-state index in [-0.39, 0.29) is 0 Å². The van der Waals surface area contributed by atoms with Gasteiger partial charge in [0.2, 0.25) is 0 Å². The summed E-state index contributed by atoms with van der Waals surface area (Å²) in [5, 5.41) is 15.8. The van der Waals surface area contributed by atoms with Crippen LogP contribution in [-0.2, 0) is 0 Å². The van der Waals surface area contributed by atoms with Crippen LogP contribution in [-0.4, -0.2) is 0 Å². The largest absolute Gasteiger partial charge is 0.0622 e. The van der Waals surface area contributed by atoms with Gasteiger partial charge in [0, 0.05) is 0 Å². The van der Waals surface area contributed by atoms with E-state index in [0.717, 1.165) is 0 Å². The van der Waals surface area contributed by atoms with Crippen molar-refractivity contribution in [2.24, 2.45) is 0 Å². The van der Waals surface area contributed by atoms with Gasteiger partial charge in [-0.2, -0.15) is 0 Å². The lowest BCUT2D eigenvalue weighted by atomic mass is 9.96. The zero-order valence-corrected chi connectivity index (χ0v) is 63.5. The summed E-state index contributed by atoms with van der Waals surface area (Å²) >= 11 is 0. The fourth-order valence-electron chi connectivity index (χ4n) is 13.9. The molecule has 0 N–H and O–H groups in total. The SMILES string of the molecule is Cc1ccc(-c2cccc3ccccc23)cc1.Cc1ccc(-c2ccccc2)c2ccccc12.Cc1ccc2cc(-c3ccccc3)ccc2c1.Cc1ccc2ccccc2c1.Cc1cccc(-c2ccc3ccccc3c2)c1.Cc1cccc(-c2cccc(-c3ccccc3)c2)c1.Cc1cccc2ccccc12. The Balaban J connectivity index is 0.000000113. The molecule has 0 saturated carbocycles. The molecule has 0 aliphatic carbocycles. The lowest BCUT2D eigenvalue weighted by molar-refractivity contribution is 1.47. The van der Waals surface area contributed by atoms with Gasteiger partial charge in [-0.3, -0.25) is 0 Å². The first-order valence-corrected chi connectivity index (χ1v) is 37.8. The fraction of sp³-hybridized carbons (Fsp3) is 0.0642. The van der Waals surface area contributed by atoms with Crippen molar-refractivity contribution in [2.75, 3.05) is 0 Å². The number of fused-ring (bicyclic) bond motifs is 6. The van der Waals surface area contributed by atoms with Crippen LogP contribution >= 0.6 is 0 Å². The lowest BCUT2D eigenvalue weighted by Gasteiger charge is -2.09. The minimum absolute atomic E-state index is 1.26. The van der Waals surface area contributed by atoms with Crippen molar-refractivity contribution >= 4 is 64.6 Å². The van der Waals surface area contributed by atoms with E-state index in [1.165, 1.54) is 170 Å². The Morgan fingerprint density at radius 1 is 0.119 bits per heavy atom. The number of benzene rings is 19. The molecule has 0 nitrogen and oxygen atoms in total. The van der Waals surface area contributed by atoms with Gasteiger partial charge >= 0.3 is 0 Å². The van der Waals surface area contributed by atoms with Gasteiger partial charge in [-0.1, -0.05) is 440 Å². The predicted molar refractivity (Wildman–Crippen MR) is 476 cm³/mol. The summed E-state index contributed by atoms with van der Waals surface area (Å²) in [6.07, 6.45) is 0. The fourth-order valence-corrected chi connectivity index (χ4v) is 13.9. The predicted octanol–water partition coefficient (Wildman–Crippen LogP) is 30.9. The lowest BCUT2D eigenvalue weighted by Crippen LogP contribution is -1.83. The molecule has 0 atom stereocenters. The van der Waals surface area contributed by atoms with Gasteiger partial charge in [0.05, 0.1) is 0 Å². The Kier molecular flexibility index (Phi) is 24.9. The molecule has 0 unspecified atom stereocenters. The van der Waals surface area contributed by atoms with Crippen LogP contribution in [0.15, 0.2) is 431 Å². The highest BCUT2D eigenvalue weighted by molar-refractivity contribution is 5.99. The second-order valence-corrected chi connectivity index (χ2v) is 28.1. The second kappa shape index (κ2) is 36.6. The van der Waals surface area contributed by atoms with Gasteiger partial charge in [0.1, 0.15) is 0 Å². The minimum atomic E-state index is 1.26. The standard InChI is InChI=1S/C19H16.4C17H14.2C11H10/c1-15-7-5-10-17(13-15)19-12-6-11-18(14-19)16-8-3-2-4-9-16;1-13-5-4-8-15(11-13)17-10-9-14-6-2-3-7-16(14)12-17;1-13-9-11-15(12-10-13)17-8-4-6-14-5-2-3-7-16(14)17;1-13-11-12-16(14-7-3-2-4-8-14)17-10-6-5-9-15(13)17;1-13-7-8-17-12-16(10-9-15(17)11-13)14-5-3-2-4-6-14;1-9-5-4-7-10-6-2-3-8-11(9)10;1-9-6-7-10-4-2-3-5-11(10)8-9/h2-14H,1H3;4*2-12H,1H3;2*2-8H,1H3. The van der Waals surface area contributed by atoms with Crippen LogP contribution in [0.4, 0.5) is 0 Å². The molecule has 0 radical (unpaired) electrons. The maximum atomic E-state index is 2.25. The topological polar surface area (TPSA) is 0 Å². The Hall–Kier alpha value is -13.3. The van der Waals surface area contributed by atoms with Gasteiger partial charge < -0.3 is 0 Å². The molecule has 0 bridgehead atoms. The van der Waals surface area contributed by atoms with Crippen molar-refractivity contribution in [2.45, 2.75) is 48.5 Å². The van der Waals surface area contributed by atoms with Gasteiger partial charge in [0.15, 0.2) is 0 Å². The molecule has 0 aromatic heterocycles. The first-order valence-electron chi connectivity index (χ1n) is 37.8. The van der Waals surface area contributed by atoms with Crippen molar-refractivity contribution in [3.8, 4) is 66.8 Å². The van der Waals surface area contributed by atoms with Crippen LogP contribution in [0.3, 0.4) is 0 Å². The molecule has 0 aliphatic heterocycles. The summed E-state index contributed by atoms with van der Waals surface area (Å²) in [4.78, 5) is 0. The van der Waals surface area contributed by atoms with Crippen molar-refractivity contribution in [1.82, 2.24) is 0 Å². The van der Waals surface area contributed by atoms with E-state index in [4.69, 9.17) is 0 Å². The first kappa shape index (κ1) is 74.0. The average Bonchev–Trinajstić information content (AvgIpc) is 0.799. The zero-order valence-electron chi connectivity index (χ0n) is 63.5. The quantitative estimate of drug-likeness (QED) is 0.156. The highest BCUT2D eigenvalue weighted by Crippen LogP contribution is 2.33. The van der Waals surface area contributed by atoms with Gasteiger partial charge in [0.25, 0.3) is 0 Å². The molecule has 0 saturated heterocycles. The molecule has 19 rings (SSSR count). The monoisotopic (exact) mass is 1400 g/mol. The van der Waals surface area contributed by atoms with E-state index < -0.39 is 0 Å². The summed E-state index contributed by atoms with van der Waals surface area (Å²) in [7, 11) is 0. The van der Waals surface area contributed by atoms with E-state index in [2.05, 4.69) is 467 Å². The third-order valence-corrected chi connectivity index (χ3v) is 19.8. The Labute approximate surface area is 645 Å². The van der Waals surface area contributed by atoms with Gasteiger partial charge in [-0.15, -0.1) is 0 Å².